The van der Waals surface area contributed by atoms with E-state index in [2.05, 4.69) is 39.1 Å². The van der Waals surface area contributed by atoms with Gasteiger partial charge in [-0.05, 0) is 31.6 Å². The molecular formula is C15H22N6S. The highest BCUT2D eigenvalue weighted by Gasteiger charge is 2.45. The van der Waals surface area contributed by atoms with Crippen LogP contribution in [0.2, 0.25) is 0 Å². The highest BCUT2D eigenvalue weighted by molar-refractivity contribution is 7.15. The van der Waals surface area contributed by atoms with E-state index < -0.39 is 0 Å². The zero-order valence-corrected chi connectivity index (χ0v) is 14.1. The Hall–Kier alpha value is -1.50. The molecule has 1 aliphatic carbocycles. The summed E-state index contributed by atoms with van der Waals surface area (Å²) in [5.41, 5.74) is 0. The lowest BCUT2D eigenvalue weighted by atomic mass is 9.91. The van der Waals surface area contributed by atoms with Crippen molar-refractivity contribution >= 4 is 16.5 Å². The highest BCUT2D eigenvalue weighted by Crippen LogP contribution is 2.48. The van der Waals surface area contributed by atoms with Gasteiger partial charge in [-0.3, -0.25) is 5.10 Å². The molecule has 0 aromatic carbocycles. The monoisotopic (exact) mass is 318 g/mol. The molecule has 0 radical (unpaired) electrons. The van der Waals surface area contributed by atoms with Crippen LogP contribution in [0.3, 0.4) is 0 Å². The molecule has 0 spiro atoms. The van der Waals surface area contributed by atoms with Gasteiger partial charge in [-0.1, -0.05) is 25.2 Å². The van der Waals surface area contributed by atoms with Crippen LogP contribution in [-0.4, -0.2) is 38.5 Å². The lowest BCUT2D eigenvalue weighted by Gasteiger charge is -2.14. The molecule has 0 bridgehead atoms. The van der Waals surface area contributed by atoms with Crippen molar-refractivity contribution in [2.24, 2.45) is 11.8 Å². The fourth-order valence-corrected chi connectivity index (χ4v) is 4.11. The van der Waals surface area contributed by atoms with E-state index in [0.29, 0.717) is 17.8 Å². The quantitative estimate of drug-likeness (QED) is 0.938. The summed E-state index contributed by atoms with van der Waals surface area (Å²) in [6.07, 6.45) is 2.71. The summed E-state index contributed by atoms with van der Waals surface area (Å²) in [6.45, 7) is 8.33. The summed E-state index contributed by atoms with van der Waals surface area (Å²) in [7, 11) is 0. The van der Waals surface area contributed by atoms with Gasteiger partial charge in [-0.2, -0.15) is 5.10 Å². The number of rotatable bonds is 4. The molecule has 2 aromatic heterocycles. The molecule has 1 saturated heterocycles. The van der Waals surface area contributed by atoms with Gasteiger partial charge in [0.1, 0.15) is 10.8 Å². The van der Waals surface area contributed by atoms with E-state index in [1.807, 2.05) is 6.92 Å². The topological polar surface area (TPSA) is 70.6 Å². The Bertz CT molecular complexity index is 659. The standard InChI is InChI=1S/C15H22N6S/c1-8(2)13-16-14(19-18-13)12-7-21(6-11(12)10-4-5-10)15-20-17-9(3)22-15/h8,10-12H,4-7H2,1-3H3,(H,16,18,19)/t11-,12+/m1/s1. The van der Waals surface area contributed by atoms with Crippen molar-refractivity contribution in [1.29, 1.82) is 0 Å². The maximum Gasteiger partial charge on any atom is 0.208 e. The second kappa shape index (κ2) is 5.30. The van der Waals surface area contributed by atoms with Crippen molar-refractivity contribution in [2.75, 3.05) is 18.0 Å². The SMILES string of the molecule is Cc1nnc(N2C[C@H](c3nc(C(C)C)n[nH]3)[C@@H](C3CC3)C2)s1. The van der Waals surface area contributed by atoms with Gasteiger partial charge in [0.2, 0.25) is 5.13 Å². The van der Waals surface area contributed by atoms with Crippen LogP contribution in [0.1, 0.15) is 55.2 Å². The Morgan fingerprint density at radius 2 is 2.05 bits per heavy atom. The molecule has 7 heteroatoms. The van der Waals surface area contributed by atoms with Crippen LogP contribution in [0.15, 0.2) is 0 Å². The van der Waals surface area contributed by atoms with E-state index in [4.69, 9.17) is 4.98 Å². The summed E-state index contributed by atoms with van der Waals surface area (Å²) < 4.78 is 0. The number of nitrogens with one attached hydrogen (secondary N) is 1. The molecular weight excluding hydrogens is 296 g/mol. The smallest absolute Gasteiger partial charge is 0.208 e. The van der Waals surface area contributed by atoms with Gasteiger partial charge in [0.25, 0.3) is 0 Å². The number of hydrogen-bond acceptors (Lipinski definition) is 6. The molecule has 2 aliphatic rings. The predicted molar refractivity (Wildman–Crippen MR) is 86.3 cm³/mol. The third-order valence-corrected chi connectivity index (χ3v) is 5.67. The van der Waals surface area contributed by atoms with Gasteiger partial charge in [-0.25, -0.2) is 4.98 Å². The first-order chi connectivity index (χ1) is 10.6. The Balaban J connectivity index is 1.59. The molecule has 2 fully saturated rings. The second-order valence-corrected chi connectivity index (χ2v) is 8.01. The first-order valence-corrected chi connectivity index (χ1v) is 8.90. The largest absolute Gasteiger partial charge is 0.346 e. The van der Waals surface area contributed by atoms with E-state index in [1.54, 1.807) is 11.3 Å². The number of aromatic nitrogens is 5. The van der Waals surface area contributed by atoms with Crippen molar-refractivity contribution in [3.05, 3.63) is 16.7 Å². The van der Waals surface area contributed by atoms with Crippen molar-refractivity contribution in [3.8, 4) is 0 Å². The van der Waals surface area contributed by atoms with Crippen molar-refractivity contribution in [1.82, 2.24) is 25.4 Å². The van der Waals surface area contributed by atoms with Crippen LogP contribution in [0.4, 0.5) is 5.13 Å². The number of nitrogens with zero attached hydrogens (tertiary/aromatic N) is 5. The summed E-state index contributed by atoms with van der Waals surface area (Å²) in [4.78, 5) is 7.14. The minimum Gasteiger partial charge on any atom is -0.346 e. The maximum atomic E-state index is 4.76. The molecule has 6 nitrogen and oxygen atoms in total. The third kappa shape index (κ3) is 2.51. The Morgan fingerprint density at radius 1 is 1.23 bits per heavy atom. The van der Waals surface area contributed by atoms with E-state index in [-0.39, 0.29) is 0 Å². The predicted octanol–water partition coefficient (Wildman–Crippen LogP) is 2.72. The molecule has 1 saturated carbocycles. The van der Waals surface area contributed by atoms with E-state index in [0.717, 1.165) is 40.8 Å². The van der Waals surface area contributed by atoms with Crippen molar-refractivity contribution in [2.45, 2.75) is 45.4 Å². The zero-order chi connectivity index (χ0) is 15.3. The molecule has 0 amide bonds. The Morgan fingerprint density at radius 3 is 2.64 bits per heavy atom. The van der Waals surface area contributed by atoms with Gasteiger partial charge < -0.3 is 4.90 Å². The lowest BCUT2D eigenvalue weighted by Crippen LogP contribution is -2.19. The first-order valence-electron chi connectivity index (χ1n) is 8.09. The number of hydrogen-bond donors (Lipinski definition) is 1. The van der Waals surface area contributed by atoms with Crippen molar-refractivity contribution in [3.63, 3.8) is 0 Å². The minimum atomic E-state index is 0.368. The van der Waals surface area contributed by atoms with Gasteiger partial charge >= 0.3 is 0 Å². The van der Waals surface area contributed by atoms with Crippen molar-refractivity contribution < 1.29 is 0 Å². The average Bonchev–Trinajstić information content (AvgIpc) is 2.93. The molecule has 1 N–H and O–H groups in total. The average molecular weight is 318 g/mol. The van der Waals surface area contributed by atoms with Crippen LogP contribution in [0.25, 0.3) is 0 Å². The summed E-state index contributed by atoms with van der Waals surface area (Å²) in [6, 6.07) is 0. The molecule has 118 valence electrons. The van der Waals surface area contributed by atoms with Crippen LogP contribution in [0.5, 0.6) is 0 Å². The number of aryl methyl sites for hydroxylation is 1. The van der Waals surface area contributed by atoms with Crippen LogP contribution in [0, 0.1) is 18.8 Å². The van der Waals surface area contributed by atoms with Crippen LogP contribution < -0.4 is 4.90 Å². The third-order valence-electron chi connectivity index (χ3n) is 4.77. The van der Waals surface area contributed by atoms with Gasteiger partial charge in [0.15, 0.2) is 5.82 Å². The zero-order valence-electron chi connectivity index (χ0n) is 13.3. The van der Waals surface area contributed by atoms with Crippen LogP contribution in [-0.2, 0) is 0 Å². The molecule has 4 rings (SSSR count). The molecule has 2 aromatic rings. The first kappa shape index (κ1) is 14.1. The van der Waals surface area contributed by atoms with Gasteiger partial charge in [0, 0.05) is 24.9 Å². The fraction of sp³-hybridized carbons (Fsp3) is 0.733. The number of H-pyrrole nitrogens is 1. The molecule has 2 atom stereocenters. The molecule has 22 heavy (non-hydrogen) atoms. The number of anilines is 1. The fourth-order valence-electron chi connectivity index (χ4n) is 3.40. The normalized spacial score (nSPS) is 25.4. The van der Waals surface area contributed by atoms with Gasteiger partial charge in [0.05, 0.1) is 0 Å². The Kier molecular flexibility index (Phi) is 3.40. The second-order valence-electron chi connectivity index (χ2n) is 6.85. The van der Waals surface area contributed by atoms with E-state index >= 15 is 0 Å². The summed E-state index contributed by atoms with van der Waals surface area (Å²) in [5, 5.41) is 18.2. The molecule has 3 heterocycles. The van der Waals surface area contributed by atoms with E-state index in [1.165, 1.54) is 12.8 Å². The molecule has 1 aliphatic heterocycles. The van der Waals surface area contributed by atoms with Crippen LogP contribution >= 0.6 is 11.3 Å². The summed E-state index contributed by atoms with van der Waals surface area (Å²) >= 11 is 1.68. The minimum absolute atomic E-state index is 0.368. The summed E-state index contributed by atoms with van der Waals surface area (Å²) in [5.74, 6) is 4.30. The maximum absolute atomic E-state index is 4.76. The lowest BCUT2D eigenvalue weighted by molar-refractivity contribution is 0.444. The van der Waals surface area contributed by atoms with Gasteiger partial charge in [-0.15, -0.1) is 10.2 Å². The highest BCUT2D eigenvalue weighted by atomic mass is 32.1. The molecule has 0 unspecified atom stereocenters. The van der Waals surface area contributed by atoms with E-state index in [9.17, 15) is 0 Å². The Labute approximate surface area is 134 Å². The number of aromatic amines is 1.